The molecule has 7 aromatic rings. The molecule has 1 atom stereocenters. The van der Waals surface area contributed by atoms with Crippen LogP contribution in [-0.4, -0.2) is 12.4 Å². The molecule has 0 bridgehead atoms. The number of aromatic nitrogens is 1. The molecule has 6 heteroatoms. The van der Waals surface area contributed by atoms with E-state index in [0.29, 0.717) is 5.52 Å². The normalized spacial score (nSPS) is 12.5. The highest BCUT2D eigenvalue weighted by atomic mass is 32.2. The molecule has 0 aliphatic carbocycles. The van der Waals surface area contributed by atoms with Gasteiger partial charge in [-0.2, -0.15) is 0 Å². The maximum absolute atomic E-state index is 15.0. The molecule has 0 fully saturated rings. The maximum atomic E-state index is 15.0. The van der Waals surface area contributed by atoms with E-state index < -0.39 is 17.9 Å². The van der Waals surface area contributed by atoms with Gasteiger partial charge in [0, 0.05) is 15.8 Å². The maximum Gasteiger partial charge on any atom is 0.268 e. The van der Waals surface area contributed by atoms with Gasteiger partial charge in [-0.15, -0.1) is 11.3 Å². The number of hydrogen-bond donors (Lipinski definition) is 0. The Morgan fingerprint density at radius 3 is 1.80 bits per heavy atom. The summed E-state index contributed by atoms with van der Waals surface area (Å²) in [6, 6.07) is 50.7. The van der Waals surface area contributed by atoms with Crippen LogP contribution in [0.4, 0.5) is 0 Å². The molecule has 0 saturated carbocycles. The average Bonchev–Trinajstić information content (AvgIpc) is 3.72. The lowest BCUT2D eigenvalue weighted by Crippen LogP contribution is -2.23. The molecule has 0 aliphatic heterocycles. The lowest BCUT2D eigenvalue weighted by Gasteiger charge is -2.30. The average molecular weight is 628 g/mol. The molecule has 0 amide bonds. The van der Waals surface area contributed by atoms with Crippen molar-refractivity contribution in [3.8, 4) is 11.1 Å². The number of fused-ring (bicyclic) bond motifs is 1. The largest absolute Gasteiger partial charge is 0.268 e. The van der Waals surface area contributed by atoms with Gasteiger partial charge in [-0.3, -0.25) is 0 Å². The fraction of sp³-hybridized carbons (Fsp3) is 0.0526. The number of hydrogen-bond acceptors (Lipinski definition) is 3. The molecule has 2 heterocycles. The Labute approximate surface area is 263 Å². The molecule has 5 aromatic carbocycles. The van der Waals surface area contributed by atoms with E-state index in [-0.39, 0.29) is 10.6 Å². The van der Waals surface area contributed by atoms with Gasteiger partial charge >= 0.3 is 0 Å². The smallest absolute Gasteiger partial charge is 0.236 e. The Morgan fingerprint density at radius 1 is 0.636 bits per heavy atom. The molecule has 44 heavy (non-hydrogen) atoms. The van der Waals surface area contributed by atoms with Crippen molar-refractivity contribution in [3.63, 3.8) is 0 Å². The zero-order valence-electron chi connectivity index (χ0n) is 24.1. The molecule has 0 spiro atoms. The summed E-state index contributed by atoms with van der Waals surface area (Å²) in [5.41, 5.74) is 4.18. The molecule has 0 aliphatic rings. The third-order valence-corrected chi connectivity index (χ3v) is 13.5. The predicted octanol–water partition coefficient (Wildman–Crippen LogP) is 9.14. The minimum absolute atomic E-state index is 0.252. The van der Waals surface area contributed by atoms with Gasteiger partial charge in [-0.1, -0.05) is 133 Å². The lowest BCUT2D eigenvalue weighted by molar-refractivity contribution is 0.587. The van der Waals surface area contributed by atoms with Gasteiger partial charge < -0.3 is 0 Å². The van der Waals surface area contributed by atoms with Crippen LogP contribution in [-0.2, 0) is 10.0 Å². The third kappa shape index (κ3) is 5.11. The standard InChI is InChI=1S/C38H30NO2PS2/c1-28-23-25-32(26-24-28)44(40,41)39-34-21-12-11-20-33(34)36(29-14-5-2-6-15-29)37(39)38(35-22-13-27-43-35)42(30-16-7-3-8-17-30)31-18-9-4-10-19-31/h2-27,38H,1H3. The number of rotatable bonds is 8. The number of aryl methyl sites for hydroxylation is 1. The fourth-order valence-corrected chi connectivity index (χ4v) is 11.5. The predicted molar refractivity (Wildman–Crippen MR) is 186 cm³/mol. The summed E-state index contributed by atoms with van der Waals surface area (Å²) in [7, 11) is -5.10. The fourth-order valence-electron chi connectivity index (χ4n) is 5.92. The third-order valence-electron chi connectivity index (χ3n) is 7.89. The van der Waals surface area contributed by atoms with Crippen molar-refractivity contribution in [2.75, 3.05) is 0 Å². The van der Waals surface area contributed by atoms with E-state index in [1.54, 1.807) is 27.4 Å². The molecule has 0 N–H and O–H groups in total. The van der Waals surface area contributed by atoms with Gasteiger partial charge in [0.1, 0.15) is 0 Å². The van der Waals surface area contributed by atoms with E-state index in [1.807, 2.05) is 67.6 Å². The van der Waals surface area contributed by atoms with Gasteiger partial charge in [-0.05, 0) is 60.7 Å². The first-order valence-corrected chi connectivity index (χ1v) is 18.2. The van der Waals surface area contributed by atoms with Crippen LogP contribution in [0.3, 0.4) is 0 Å². The van der Waals surface area contributed by atoms with Gasteiger partial charge in [0.25, 0.3) is 10.0 Å². The molecule has 2 aromatic heterocycles. The minimum Gasteiger partial charge on any atom is -0.236 e. The SMILES string of the molecule is Cc1ccc(S(=O)(=O)n2c(C(c3cccs3)P(c3ccccc3)c3ccccc3)c(-c3ccccc3)c3ccccc32)cc1. The number of benzene rings is 5. The Hall–Kier alpha value is -4.28. The van der Waals surface area contributed by atoms with Crippen LogP contribution >= 0.6 is 19.3 Å². The van der Waals surface area contributed by atoms with Crippen LogP contribution in [0, 0.1) is 6.92 Å². The first-order chi connectivity index (χ1) is 21.5. The number of thiophene rings is 1. The van der Waals surface area contributed by atoms with E-state index in [2.05, 4.69) is 84.2 Å². The molecule has 0 saturated heterocycles. The van der Waals surface area contributed by atoms with E-state index in [0.717, 1.165) is 32.6 Å². The lowest BCUT2D eigenvalue weighted by atomic mass is 10.00. The summed E-state index contributed by atoms with van der Waals surface area (Å²) in [6.45, 7) is 1.97. The molecule has 3 nitrogen and oxygen atoms in total. The van der Waals surface area contributed by atoms with Gasteiger partial charge in [0.15, 0.2) is 0 Å². The Balaban J connectivity index is 1.66. The Morgan fingerprint density at radius 2 is 1.20 bits per heavy atom. The molecular weight excluding hydrogens is 598 g/mol. The highest BCUT2D eigenvalue weighted by Gasteiger charge is 2.38. The summed E-state index contributed by atoms with van der Waals surface area (Å²) in [5.74, 6) is 0. The van der Waals surface area contributed by atoms with E-state index >= 15 is 0 Å². The van der Waals surface area contributed by atoms with Crippen molar-refractivity contribution in [1.82, 2.24) is 3.97 Å². The number of para-hydroxylation sites is 1. The summed E-state index contributed by atoms with van der Waals surface area (Å²) in [4.78, 5) is 1.41. The van der Waals surface area contributed by atoms with Gasteiger partial charge in [-0.25, -0.2) is 12.4 Å². The highest BCUT2D eigenvalue weighted by molar-refractivity contribution is 7.90. The molecule has 1 unspecified atom stereocenters. The molecular formula is C38H30NO2PS2. The summed E-state index contributed by atoms with van der Waals surface area (Å²) in [6.07, 6.45) is 0. The van der Waals surface area contributed by atoms with Crippen molar-refractivity contribution in [1.29, 1.82) is 0 Å². The Kier molecular flexibility index (Phi) is 7.78. The second kappa shape index (κ2) is 12.0. The van der Waals surface area contributed by atoms with Crippen LogP contribution in [0.25, 0.3) is 22.0 Å². The number of nitrogens with zero attached hydrogens (tertiary/aromatic N) is 1. The van der Waals surface area contributed by atoms with Crippen LogP contribution in [0.1, 0.15) is 21.8 Å². The van der Waals surface area contributed by atoms with Gasteiger partial charge in [0.05, 0.1) is 21.8 Å². The molecule has 216 valence electrons. The molecule has 7 rings (SSSR count). The van der Waals surface area contributed by atoms with Crippen molar-refractivity contribution < 1.29 is 8.42 Å². The van der Waals surface area contributed by atoms with Gasteiger partial charge in [0.2, 0.25) is 0 Å². The van der Waals surface area contributed by atoms with Crippen LogP contribution in [0.5, 0.6) is 0 Å². The first-order valence-electron chi connectivity index (χ1n) is 14.5. The van der Waals surface area contributed by atoms with Crippen molar-refractivity contribution in [2.24, 2.45) is 0 Å². The summed E-state index contributed by atoms with van der Waals surface area (Å²) >= 11 is 1.68. The minimum atomic E-state index is -4.00. The first kappa shape index (κ1) is 28.5. The zero-order chi connectivity index (χ0) is 30.1. The van der Waals surface area contributed by atoms with Crippen molar-refractivity contribution >= 4 is 50.8 Å². The quantitative estimate of drug-likeness (QED) is 0.158. The second-order valence-corrected chi connectivity index (χ2v) is 15.7. The monoisotopic (exact) mass is 627 g/mol. The van der Waals surface area contributed by atoms with E-state index in [9.17, 15) is 8.42 Å². The van der Waals surface area contributed by atoms with E-state index in [1.165, 1.54) is 10.6 Å². The van der Waals surface area contributed by atoms with Crippen molar-refractivity contribution in [2.45, 2.75) is 17.5 Å². The van der Waals surface area contributed by atoms with Crippen LogP contribution < -0.4 is 10.6 Å². The van der Waals surface area contributed by atoms with Crippen molar-refractivity contribution in [3.05, 3.63) is 173 Å². The topological polar surface area (TPSA) is 39.1 Å². The molecule has 0 radical (unpaired) electrons. The highest BCUT2D eigenvalue weighted by Crippen LogP contribution is 2.58. The summed E-state index contributed by atoms with van der Waals surface area (Å²) < 4.78 is 31.6. The van der Waals surface area contributed by atoms with E-state index in [4.69, 9.17) is 0 Å². The van der Waals surface area contributed by atoms with Crippen LogP contribution in [0.2, 0.25) is 0 Å². The second-order valence-electron chi connectivity index (χ2n) is 10.7. The Bertz CT molecular complexity index is 2080. The van der Waals surface area contributed by atoms with Crippen LogP contribution in [0.15, 0.2) is 162 Å². The summed E-state index contributed by atoms with van der Waals surface area (Å²) in [5, 5.41) is 5.39. The zero-order valence-corrected chi connectivity index (χ0v) is 26.6.